The first-order valence-corrected chi connectivity index (χ1v) is 9.69. The van der Waals surface area contributed by atoms with Gasteiger partial charge in [0.05, 0.1) is 40.8 Å². The van der Waals surface area contributed by atoms with Crippen LogP contribution in [0.3, 0.4) is 0 Å². The molecule has 0 atom stereocenters. The molecule has 0 spiro atoms. The zero-order chi connectivity index (χ0) is 23.0. The lowest BCUT2D eigenvalue weighted by molar-refractivity contribution is 0.103. The molecule has 0 saturated carbocycles. The molecule has 0 amide bonds. The van der Waals surface area contributed by atoms with E-state index in [1.165, 1.54) is 17.7 Å². The van der Waals surface area contributed by atoms with Crippen LogP contribution in [0, 0.1) is 23.0 Å². The van der Waals surface area contributed by atoms with Crippen LogP contribution in [0.2, 0.25) is 5.02 Å². The molecule has 4 rings (SSSR count). The second-order valence-corrected chi connectivity index (χ2v) is 7.34. The molecule has 0 unspecified atom stereocenters. The molecule has 160 valence electrons. The van der Waals surface area contributed by atoms with Gasteiger partial charge in [-0.2, -0.15) is 5.26 Å². The second kappa shape index (κ2) is 8.29. The van der Waals surface area contributed by atoms with Crippen LogP contribution in [0.5, 0.6) is 5.75 Å². The van der Waals surface area contributed by atoms with Crippen molar-refractivity contribution in [2.45, 2.75) is 6.54 Å². The Kier molecular flexibility index (Phi) is 5.51. The molecule has 0 aliphatic heterocycles. The maximum absolute atomic E-state index is 14.9. The molecule has 0 aliphatic carbocycles. The van der Waals surface area contributed by atoms with E-state index in [2.05, 4.69) is 4.98 Å². The predicted molar refractivity (Wildman–Crippen MR) is 114 cm³/mol. The molecular formula is C23H14ClF2N3O3. The summed E-state index contributed by atoms with van der Waals surface area (Å²) >= 11 is 6.01. The molecule has 3 aromatic carbocycles. The lowest BCUT2D eigenvalue weighted by Gasteiger charge is -2.11. The van der Waals surface area contributed by atoms with Gasteiger partial charge in [0.25, 0.3) is 0 Å². The Morgan fingerprint density at radius 2 is 1.91 bits per heavy atom. The van der Waals surface area contributed by atoms with Gasteiger partial charge in [-0.05, 0) is 35.9 Å². The first kappa shape index (κ1) is 21.3. The van der Waals surface area contributed by atoms with E-state index in [0.717, 1.165) is 18.2 Å². The van der Waals surface area contributed by atoms with Gasteiger partial charge in [-0.15, -0.1) is 0 Å². The molecule has 32 heavy (non-hydrogen) atoms. The van der Waals surface area contributed by atoms with Crippen LogP contribution in [0.4, 0.5) is 8.78 Å². The van der Waals surface area contributed by atoms with E-state index in [9.17, 15) is 23.6 Å². The van der Waals surface area contributed by atoms with Gasteiger partial charge in [-0.1, -0.05) is 23.7 Å². The van der Waals surface area contributed by atoms with Crippen molar-refractivity contribution < 1.29 is 18.3 Å². The maximum Gasteiger partial charge on any atom is 0.326 e. The third-order valence-corrected chi connectivity index (χ3v) is 5.35. The van der Waals surface area contributed by atoms with Crippen molar-refractivity contribution in [1.29, 1.82) is 5.26 Å². The zero-order valence-corrected chi connectivity index (χ0v) is 17.3. The number of hydrogen-bond acceptors (Lipinski definition) is 4. The van der Waals surface area contributed by atoms with Crippen molar-refractivity contribution in [3.8, 4) is 11.8 Å². The van der Waals surface area contributed by atoms with Gasteiger partial charge in [-0.25, -0.2) is 13.6 Å². The molecule has 1 aromatic heterocycles. The highest BCUT2D eigenvalue weighted by Crippen LogP contribution is 2.29. The van der Waals surface area contributed by atoms with Gasteiger partial charge < -0.3 is 9.72 Å². The topological polar surface area (TPSA) is 87.9 Å². The number of imidazole rings is 1. The number of nitrogens with one attached hydrogen (secondary N) is 1. The fourth-order valence-corrected chi connectivity index (χ4v) is 3.70. The summed E-state index contributed by atoms with van der Waals surface area (Å²) in [7, 11) is 1.52. The highest BCUT2D eigenvalue weighted by Gasteiger charge is 2.26. The maximum atomic E-state index is 14.9. The number of halogens is 3. The van der Waals surface area contributed by atoms with E-state index >= 15 is 0 Å². The highest BCUT2D eigenvalue weighted by atomic mass is 35.5. The van der Waals surface area contributed by atoms with Gasteiger partial charge in [0, 0.05) is 11.6 Å². The number of benzene rings is 3. The van der Waals surface area contributed by atoms with Gasteiger partial charge in [0.15, 0.2) is 5.78 Å². The molecule has 1 heterocycles. The van der Waals surface area contributed by atoms with Crippen molar-refractivity contribution in [3.05, 3.63) is 97.9 Å². The monoisotopic (exact) mass is 453 g/mol. The summed E-state index contributed by atoms with van der Waals surface area (Å²) in [6, 6.07) is 12.8. The van der Waals surface area contributed by atoms with Crippen LogP contribution in [-0.4, -0.2) is 22.4 Å². The van der Waals surface area contributed by atoms with Crippen molar-refractivity contribution in [3.63, 3.8) is 0 Å². The summed E-state index contributed by atoms with van der Waals surface area (Å²) in [4.78, 5) is 28.2. The lowest BCUT2D eigenvalue weighted by Crippen LogP contribution is -2.18. The summed E-state index contributed by atoms with van der Waals surface area (Å²) in [5.41, 5.74) is -0.985. The quantitative estimate of drug-likeness (QED) is 0.453. The number of carbonyl (C=O) groups is 1. The number of methoxy groups -OCH3 is 1. The Bertz CT molecular complexity index is 1470. The Hall–Kier alpha value is -3.96. The Morgan fingerprint density at radius 3 is 2.56 bits per heavy atom. The van der Waals surface area contributed by atoms with E-state index in [-0.39, 0.29) is 33.7 Å². The molecule has 0 saturated heterocycles. The summed E-state index contributed by atoms with van der Waals surface area (Å²) in [6.45, 7) is 0.0531. The molecule has 1 N–H and O–H groups in total. The molecule has 0 bridgehead atoms. The molecular weight excluding hydrogens is 440 g/mol. The largest absolute Gasteiger partial charge is 0.497 e. The first-order valence-electron chi connectivity index (χ1n) is 9.31. The summed E-state index contributed by atoms with van der Waals surface area (Å²) in [6.07, 6.45) is 0. The second-order valence-electron chi connectivity index (χ2n) is 6.93. The van der Waals surface area contributed by atoms with Crippen molar-refractivity contribution in [2.75, 3.05) is 7.11 Å². The number of rotatable bonds is 5. The molecule has 0 aliphatic rings. The third-order valence-electron chi connectivity index (χ3n) is 5.02. The zero-order valence-electron chi connectivity index (χ0n) is 16.6. The van der Waals surface area contributed by atoms with Crippen molar-refractivity contribution >= 4 is 28.4 Å². The minimum Gasteiger partial charge on any atom is -0.497 e. The predicted octanol–water partition coefficient (Wildman–Crippen LogP) is 4.42. The Labute approximate surface area is 185 Å². The summed E-state index contributed by atoms with van der Waals surface area (Å²) in [5.74, 6) is -2.11. The highest BCUT2D eigenvalue weighted by molar-refractivity contribution is 6.35. The van der Waals surface area contributed by atoms with E-state index in [1.807, 2.05) is 6.07 Å². The number of aromatic amines is 1. The SMILES string of the molecule is COc1ccc(Cn2c(=O)[nH]c3cc(F)c(C(=O)c4cc(F)ccc4Cl)c(C#N)c32)cc1. The summed E-state index contributed by atoms with van der Waals surface area (Å²) < 4.78 is 35.0. The minimum atomic E-state index is -1.03. The fraction of sp³-hybridized carbons (Fsp3) is 0.0870. The molecule has 9 heteroatoms. The van der Waals surface area contributed by atoms with Crippen LogP contribution in [-0.2, 0) is 6.54 Å². The minimum absolute atomic E-state index is 0.0531. The molecule has 0 fully saturated rings. The van der Waals surface area contributed by atoms with Gasteiger partial charge in [-0.3, -0.25) is 9.36 Å². The normalized spacial score (nSPS) is 10.8. The first-order chi connectivity index (χ1) is 15.3. The number of aromatic nitrogens is 2. The number of ether oxygens (including phenoxy) is 1. The fourth-order valence-electron chi connectivity index (χ4n) is 3.50. The van der Waals surface area contributed by atoms with Crippen LogP contribution in [0.1, 0.15) is 27.0 Å². The van der Waals surface area contributed by atoms with Gasteiger partial charge in [0.1, 0.15) is 23.5 Å². The van der Waals surface area contributed by atoms with Crippen LogP contribution < -0.4 is 10.4 Å². The summed E-state index contributed by atoms with van der Waals surface area (Å²) in [5, 5.41) is 9.71. The van der Waals surface area contributed by atoms with E-state index < -0.39 is 28.7 Å². The average Bonchev–Trinajstić information content (AvgIpc) is 3.08. The number of nitriles is 1. The van der Waals surface area contributed by atoms with E-state index in [4.69, 9.17) is 16.3 Å². The number of fused-ring (bicyclic) bond motifs is 1. The lowest BCUT2D eigenvalue weighted by atomic mass is 9.96. The number of hydrogen-bond donors (Lipinski definition) is 1. The average molecular weight is 454 g/mol. The van der Waals surface area contributed by atoms with Gasteiger partial charge >= 0.3 is 5.69 Å². The van der Waals surface area contributed by atoms with Crippen LogP contribution in [0.25, 0.3) is 11.0 Å². The van der Waals surface area contributed by atoms with Gasteiger partial charge in [0.2, 0.25) is 0 Å². The van der Waals surface area contributed by atoms with Crippen LogP contribution in [0.15, 0.2) is 53.3 Å². The number of ketones is 1. The smallest absolute Gasteiger partial charge is 0.326 e. The molecule has 4 aromatic rings. The van der Waals surface area contributed by atoms with Crippen molar-refractivity contribution in [2.24, 2.45) is 0 Å². The molecule has 0 radical (unpaired) electrons. The third kappa shape index (κ3) is 3.63. The van der Waals surface area contributed by atoms with E-state index in [0.29, 0.717) is 11.3 Å². The Morgan fingerprint density at radius 1 is 1.19 bits per heavy atom. The Balaban J connectivity index is 1.92. The van der Waals surface area contributed by atoms with E-state index in [1.54, 1.807) is 24.3 Å². The number of H-pyrrole nitrogens is 1. The van der Waals surface area contributed by atoms with Crippen LogP contribution >= 0.6 is 11.6 Å². The standard InChI is InChI=1S/C23H14ClF2N3O3/c1-32-14-5-2-12(3-6-14)11-29-21-16(10-27)20(18(26)9-19(21)28-23(29)31)22(30)15-8-13(25)4-7-17(15)24/h2-9H,11H2,1H3,(H,28,31). The molecule has 6 nitrogen and oxygen atoms in total. The number of carbonyl (C=O) groups excluding carboxylic acids is 1. The number of nitrogens with zero attached hydrogens (tertiary/aromatic N) is 2. The van der Waals surface area contributed by atoms with Crippen molar-refractivity contribution in [1.82, 2.24) is 9.55 Å².